The maximum Gasteiger partial charge on any atom is 0.416 e. The number of carbonyl (C=O) groups excluding carboxylic acids is 1. The van der Waals surface area contributed by atoms with E-state index in [2.05, 4.69) is 15.5 Å². The summed E-state index contributed by atoms with van der Waals surface area (Å²) in [5.41, 5.74) is 0.382. The van der Waals surface area contributed by atoms with Crippen LogP contribution in [-0.2, 0) is 11.0 Å². The minimum absolute atomic E-state index is 0.0260. The van der Waals surface area contributed by atoms with E-state index >= 15 is 0 Å². The number of rotatable bonds is 4. The molecule has 7 nitrogen and oxygen atoms in total. The van der Waals surface area contributed by atoms with Crippen molar-refractivity contribution >= 4 is 40.4 Å². The van der Waals surface area contributed by atoms with Gasteiger partial charge in [0, 0.05) is 28.1 Å². The van der Waals surface area contributed by atoms with Crippen LogP contribution >= 0.6 is 23.2 Å². The van der Waals surface area contributed by atoms with Crippen molar-refractivity contribution in [2.75, 3.05) is 5.32 Å². The lowest BCUT2D eigenvalue weighted by Gasteiger charge is -2.13. The number of anilines is 1. The highest BCUT2D eigenvalue weighted by Crippen LogP contribution is 2.36. The van der Waals surface area contributed by atoms with Crippen LogP contribution in [0.25, 0.3) is 33.6 Å². The molecule has 0 saturated heterocycles. The van der Waals surface area contributed by atoms with E-state index in [0.29, 0.717) is 32.3 Å². The predicted octanol–water partition coefficient (Wildman–Crippen LogP) is 6.50. The third-order valence-electron chi connectivity index (χ3n) is 5.71. The van der Waals surface area contributed by atoms with Crippen LogP contribution in [0.1, 0.15) is 12.5 Å². The number of aromatic nitrogens is 4. The van der Waals surface area contributed by atoms with Crippen LogP contribution in [0.2, 0.25) is 10.0 Å². The largest absolute Gasteiger partial charge is 0.416 e. The number of fused-ring (bicyclic) bond motifs is 1. The molecule has 38 heavy (non-hydrogen) atoms. The maximum absolute atomic E-state index is 13.5. The third-order valence-corrected chi connectivity index (χ3v) is 6.21. The average molecular weight is 558 g/mol. The van der Waals surface area contributed by atoms with Crippen molar-refractivity contribution in [3.05, 3.63) is 99.0 Å². The van der Waals surface area contributed by atoms with E-state index in [1.54, 1.807) is 48.5 Å². The van der Waals surface area contributed by atoms with Crippen molar-refractivity contribution in [1.82, 2.24) is 19.4 Å². The van der Waals surface area contributed by atoms with Crippen molar-refractivity contribution in [1.29, 1.82) is 0 Å². The zero-order valence-electron chi connectivity index (χ0n) is 19.4. The summed E-state index contributed by atoms with van der Waals surface area (Å²) in [6, 6.07) is 16.3. The van der Waals surface area contributed by atoms with Crippen molar-refractivity contribution < 1.29 is 18.0 Å². The lowest BCUT2D eigenvalue weighted by atomic mass is 9.97. The van der Waals surface area contributed by atoms with Crippen LogP contribution in [0.15, 0.2) is 77.7 Å². The fourth-order valence-corrected chi connectivity index (χ4v) is 4.26. The predicted molar refractivity (Wildman–Crippen MR) is 139 cm³/mol. The Bertz CT molecular complexity index is 1750. The maximum atomic E-state index is 13.5. The zero-order chi connectivity index (χ0) is 27.2. The van der Waals surface area contributed by atoms with E-state index in [1.807, 2.05) is 0 Å². The summed E-state index contributed by atoms with van der Waals surface area (Å²) in [6.45, 7) is 1.20. The highest BCUT2D eigenvalue weighted by Gasteiger charge is 2.32. The highest BCUT2D eigenvalue weighted by atomic mass is 35.5. The van der Waals surface area contributed by atoms with Gasteiger partial charge in [0.05, 0.1) is 23.1 Å². The normalized spacial score (nSPS) is 11.6. The van der Waals surface area contributed by atoms with Crippen molar-refractivity contribution in [2.45, 2.75) is 13.1 Å². The lowest BCUT2D eigenvalue weighted by molar-refractivity contribution is -0.137. The molecule has 3 aromatic carbocycles. The molecule has 1 amide bonds. The zero-order valence-corrected chi connectivity index (χ0v) is 20.9. The molecule has 1 N–H and O–H groups in total. The van der Waals surface area contributed by atoms with E-state index < -0.39 is 23.3 Å². The van der Waals surface area contributed by atoms with E-state index in [0.717, 1.165) is 27.4 Å². The number of nitrogens with zero attached hydrogens (tertiary/aromatic N) is 4. The van der Waals surface area contributed by atoms with Gasteiger partial charge in [0.25, 0.3) is 0 Å². The Hall–Kier alpha value is -4.15. The SMILES string of the molecule is CC(=O)Nc1ccc(C(F)(F)F)cc1-n1nc2c(-c3ccc(Cl)cc3)c(-c3ccc(Cl)cc3)cnn2c1=O. The van der Waals surface area contributed by atoms with E-state index in [1.165, 1.54) is 13.1 Å². The summed E-state index contributed by atoms with van der Waals surface area (Å²) in [6.07, 6.45) is -3.23. The molecule has 192 valence electrons. The van der Waals surface area contributed by atoms with Gasteiger partial charge in [-0.3, -0.25) is 4.79 Å². The molecule has 0 radical (unpaired) electrons. The van der Waals surface area contributed by atoms with Gasteiger partial charge < -0.3 is 5.32 Å². The molecule has 5 rings (SSSR count). The second-order valence-electron chi connectivity index (χ2n) is 8.29. The average Bonchev–Trinajstić information content (AvgIpc) is 3.20. The van der Waals surface area contributed by atoms with Gasteiger partial charge in [-0.1, -0.05) is 47.5 Å². The van der Waals surface area contributed by atoms with Crippen molar-refractivity contribution in [2.24, 2.45) is 0 Å². The first-order chi connectivity index (χ1) is 18.0. The molecular weight excluding hydrogens is 542 g/mol. The minimum Gasteiger partial charge on any atom is -0.324 e. The monoisotopic (exact) mass is 557 g/mol. The standard InChI is InChI=1S/C26H16Cl2F3N5O2/c1-14(37)33-21-11-6-17(26(29,30)31)12-22(21)35-25(38)36-24(34-35)23(16-4-9-19(28)10-5-16)20(13-32-36)15-2-7-18(27)8-3-15/h2-13H,1H3,(H,33,37). The summed E-state index contributed by atoms with van der Waals surface area (Å²) >= 11 is 12.1. The molecule has 0 bridgehead atoms. The number of benzene rings is 3. The number of nitrogens with one attached hydrogen (secondary N) is 1. The Kier molecular flexibility index (Phi) is 6.46. The van der Waals surface area contributed by atoms with Gasteiger partial charge in [0.1, 0.15) is 0 Å². The van der Waals surface area contributed by atoms with Crippen LogP contribution in [0.5, 0.6) is 0 Å². The van der Waals surface area contributed by atoms with Gasteiger partial charge in [0.2, 0.25) is 5.91 Å². The summed E-state index contributed by atoms with van der Waals surface area (Å²) in [4.78, 5) is 25.2. The molecule has 0 aliphatic carbocycles. The molecule has 0 unspecified atom stereocenters. The number of hydrogen-bond donors (Lipinski definition) is 1. The van der Waals surface area contributed by atoms with Gasteiger partial charge in [-0.2, -0.15) is 27.5 Å². The number of halogens is 5. The van der Waals surface area contributed by atoms with Gasteiger partial charge in [-0.05, 0) is 53.6 Å². The molecular formula is C26H16Cl2F3N5O2. The molecule has 0 aliphatic rings. The molecule has 5 aromatic rings. The molecule has 2 heterocycles. The van der Waals surface area contributed by atoms with Gasteiger partial charge in [-0.25, -0.2) is 4.79 Å². The highest BCUT2D eigenvalue weighted by molar-refractivity contribution is 6.31. The van der Waals surface area contributed by atoms with Crippen LogP contribution in [-0.4, -0.2) is 25.3 Å². The van der Waals surface area contributed by atoms with Crippen LogP contribution in [0, 0.1) is 0 Å². The van der Waals surface area contributed by atoms with Crippen LogP contribution < -0.4 is 11.0 Å². The minimum atomic E-state index is -4.69. The Morgan fingerprint density at radius 3 is 2.11 bits per heavy atom. The first-order valence-corrected chi connectivity index (χ1v) is 11.8. The van der Waals surface area contributed by atoms with Gasteiger partial charge >= 0.3 is 11.9 Å². The summed E-state index contributed by atoms with van der Waals surface area (Å²) < 4.78 is 42.4. The van der Waals surface area contributed by atoms with E-state index in [-0.39, 0.29) is 17.0 Å². The van der Waals surface area contributed by atoms with Crippen LogP contribution in [0.4, 0.5) is 18.9 Å². The Morgan fingerprint density at radius 2 is 1.53 bits per heavy atom. The molecule has 0 fully saturated rings. The number of carbonyl (C=O) groups is 1. The first-order valence-electron chi connectivity index (χ1n) is 11.0. The number of alkyl halides is 3. The summed E-state index contributed by atoms with van der Waals surface area (Å²) in [7, 11) is 0. The second-order valence-corrected chi connectivity index (χ2v) is 9.16. The van der Waals surface area contributed by atoms with Crippen molar-refractivity contribution in [3.8, 4) is 27.9 Å². The molecule has 12 heteroatoms. The Morgan fingerprint density at radius 1 is 0.921 bits per heavy atom. The van der Waals surface area contributed by atoms with Crippen LogP contribution in [0.3, 0.4) is 0 Å². The number of amides is 1. The fraction of sp³-hybridized carbons (Fsp3) is 0.0769. The topological polar surface area (TPSA) is 81.3 Å². The summed E-state index contributed by atoms with van der Waals surface area (Å²) in [5, 5.41) is 12.1. The Labute approximate surface area is 223 Å². The first kappa shape index (κ1) is 25.5. The molecule has 0 aliphatic heterocycles. The third kappa shape index (κ3) is 4.75. The van der Waals surface area contributed by atoms with E-state index in [4.69, 9.17) is 23.2 Å². The lowest BCUT2D eigenvalue weighted by Crippen LogP contribution is -2.23. The fourth-order valence-electron chi connectivity index (χ4n) is 4.01. The quantitative estimate of drug-likeness (QED) is 0.273. The molecule has 2 aromatic heterocycles. The smallest absolute Gasteiger partial charge is 0.324 e. The van der Waals surface area contributed by atoms with Gasteiger partial charge in [-0.15, -0.1) is 5.10 Å². The number of hydrogen-bond acceptors (Lipinski definition) is 4. The Balaban J connectivity index is 1.83. The van der Waals surface area contributed by atoms with E-state index in [9.17, 15) is 22.8 Å². The summed E-state index contributed by atoms with van der Waals surface area (Å²) in [5.74, 6) is -0.534. The molecule has 0 spiro atoms. The van der Waals surface area contributed by atoms with Gasteiger partial charge in [0.15, 0.2) is 5.65 Å². The second kappa shape index (κ2) is 9.62. The van der Waals surface area contributed by atoms with Crippen molar-refractivity contribution in [3.63, 3.8) is 0 Å². The molecule has 0 atom stereocenters. The molecule has 0 saturated carbocycles.